The molecule has 0 bridgehead atoms. The van der Waals surface area contributed by atoms with Crippen molar-refractivity contribution in [3.05, 3.63) is 70.7 Å². The van der Waals surface area contributed by atoms with Crippen LogP contribution in [0.4, 0.5) is 10.5 Å². The Morgan fingerprint density at radius 1 is 1.20 bits per heavy atom. The molecule has 152 valence electrons. The van der Waals surface area contributed by atoms with Gasteiger partial charge < -0.3 is 10.6 Å². The van der Waals surface area contributed by atoms with Gasteiger partial charge >= 0.3 is 6.03 Å². The van der Waals surface area contributed by atoms with E-state index in [1.54, 1.807) is 23.0 Å². The summed E-state index contributed by atoms with van der Waals surface area (Å²) in [7, 11) is 0. The van der Waals surface area contributed by atoms with E-state index in [2.05, 4.69) is 20.7 Å². The van der Waals surface area contributed by atoms with Crippen LogP contribution in [-0.4, -0.2) is 32.5 Å². The maximum absolute atomic E-state index is 12.8. The Kier molecular flexibility index (Phi) is 5.58. The van der Waals surface area contributed by atoms with Gasteiger partial charge in [0.15, 0.2) is 5.65 Å². The average Bonchev–Trinajstić information content (AvgIpc) is 3.43. The molecule has 8 heteroatoms. The fourth-order valence-corrected chi connectivity index (χ4v) is 3.74. The van der Waals surface area contributed by atoms with E-state index in [4.69, 9.17) is 0 Å². The second-order valence-electron chi connectivity index (χ2n) is 6.92. The molecule has 0 radical (unpaired) electrons. The summed E-state index contributed by atoms with van der Waals surface area (Å²) in [6.45, 7) is 3.97. The number of urea groups is 1. The lowest BCUT2D eigenvalue weighted by atomic mass is 10.1. The van der Waals surface area contributed by atoms with Crippen molar-refractivity contribution in [3.63, 3.8) is 0 Å². The van der Waals surface area contributed by atoms with Gasteiger partial charge in [-0.15, -0.1) is 11.3 Å². The molecule has 3 heterocycles. The molecule has 7 nitrogen and oxygen atoms in total. The summed E-state index contributed by atoms with van der Waals surface area (Å²) in [6, 6.07) is 12.8. The fraction of sp³-hybridized carbons (Fsp3) is 0.182. The van der Waals surface area contributed by atoms with Gasteiger partial charge in [-0.2, -0.15) is 5.10 Å². The van der Waals surface area contributed by atoms with Crippen LogP contribution < -0.4 is 10.6 Å². The first kappa shape index (κ1) is 19.8. The van der Waals surface area contributed by atoms with Crippen molar-refractivity contribution in [2.45, 2.75) is 26.3 Å². The summed E-state index contributed by atoms with van der Waals surface area (Å²) in [5.41, 5.74) is 3.25. The number of nitrogens with zero attached hydrogens (tertiary/aromatic N) is 3. The molecule has 1 atom stereocenters. The maximum Gasteiger partial charge on any atom is 0.319 e. The zero-order valence-electron chi connectivity index (χ0n) is 16.6. The van der Waals surface area contributed by atoms with E-state index in [1.807, 2.05) is 55.6 Å². The molecule has 0 aliphatic carbocycles. The predicted octanol–water partition coefficient (Wildman–Crippen LogP) is 4.61. The molecular weight excluding hydrogens is 398 g/mol. The van der Waals surface area contributed by atoms with Crippen LogP contribution in [0.2, 0.25) is 0 Å². The number of rotatable bonds is 6. The number of hydrogen-bond donors (Lipinski definition) is 2. The minimum atomic E-state index is -0.246. The van der Waals surface area contributed by atoms with E-state index >= 15 is 0 Å². The highest BCUT2D eigenvalue weighted by molar-refractivity contribution is 7.12. The van der Waals surface area contributed by atoms with Crippen LogP contribution >= 0.6 is 11.3 Å². The number of ketones is 1. The number of fused-ring (bicyclic) bond motifs is 1. The van der Waals surface area contributed by atoms with Crippen molar-refractivity contribution in [3.8, 4) is 11.3 Å². The molecule has 1 unspecified atom stereocenters. The van der Waals surface area contributed by atoms with Gasteiger partial charge in [-0.1, -0.05) is 25.1 Å². The summed E-state index contributed by atoms with van der Waals surface area (Å²) in [4.78, 5) is 30.0. The Labute approximate surface area is 177 Å². The minimum Gasteiger partial charge on any atom is -0.335 e. The summed E-state index contributed by atoms with van der Waals surface area (Å²) >= 11 is 1.39. The van der Waals surface area contributed by atoms with E-state index < -0.39 is 0 Å². The van der Waals surface area contributed by atoms with E-state index in [9.17, 15) is 9.59 Å². The van der Waals surface area contributed by atoms with Crippen LogP contribution in [0.3, 0.4) is 0 Å². The van der Waals surface area contributed by atoms with Gasteiger partial charge in [-0.25, -0.2) is 14.3 Å². The third-order valence-electron chi connectivity index (χ3n) is 4.80. The van der Waals surface area contributed by atoms with Gasteiger partial charge in [0.2, 0.25) is 5.78 Å². The predicted molar refractivity (Wildman–Crippen MR) is 118 cm³/mol. The zero-order valence-corrected chi connectivity index (χ0v) is 17.4. The normalized spacial score (nSPS) is 11.9. The number of amides is 2. The summed E-state index contributed by atoms with van der Waals surface area (Å²) in [6.07, 6.45) is 4.07. The van der Waals surface area contributed by atoms with Crippen LogP contribution in [0.25, 0.3) is 16.9 Å². The van der Waals surface area contributed by atoms with Gasteiger partial charge in [-0.3, -0.25) is 4.79 Å². The van der Waals surface area contributed by atoms with Crippen molar-refractivity contribution in [1.29, 1.82) is 0 Å². The molecule has 0 aliphatic heterocycles. The Morgan fingerprint density at radius 2 is 2.07 bits per heavy atom. The maximum atomic E-state index is 12.8. The second kappa shape index (κ2) is 8.46. The van der Waals surface area contributed by atoms with Gasteiger partial charge in [0.1, 0.15) is 0 Å². The summed E-state index contributed by atoms with van der Waals surface area (Å²) in [5.74, 6) is -0.0956. The SMILES string of the molecule is CCC(C)NC(=O)Nc1cccc(-c2ccnc3c(C(=O)c4cccs4)cnn23)c1. The van der Waals surface area contributed by atoms with Gasteiger partial charge in [0.05, 0.1) is 22.3 Å². The second-order valence-corrected chi connectivity index (χ2v) is 7.87. The molecule has 0 aliphatic rings. The number of nitrogens with one attached hydrogen (secondary N) is 2. The van der Waals surface area contributed by atoms with Crippen molar-refractivity contribution < 1.29 is 9.59 Å². The van der Waals surface area contributed by atoms with Crippen LogP contribution in [0, 0.1) is 0 Å². The molecular formula is C22H21N5O2S. The summed E-state index contributed by atoms with van der Waals surface area (Å²) < 4.78 is 1.65. The molecule has 2 N–H and O–H groups in total. The third kappa shape index (κ3) is 3.95. The van der Waals surface area contributed by atoms with Crippen LogP contribution in [0.15, 0.2) is 60.2 Å². The van der Waals surface area contributed by atoms with E-state index in [1.165, 1.54) is 11.3 Å². The fourth-order valence-electron chi connectivity index (χ4n) is 3.06. The molecule has 0 fully saturated rings. The zero-order chi connectivity index (χ0) is 21.1. The Hall–Kier alpha value is -3.52. The third-order valence-corrected chi connectivity index (χ3v) is 5.67. The largest absolute Gasteiger partial charge is 0.335 e. The first-order valence-electron chi connectivity index (χ1n) is 9.65. The van der Waals surface area contributed by atoms with Crippen LogP contribution in [0.1, 0.15) is 35.5 Å². The number of carbonyl (C=O) groups excluding carboxylic acids is 2. The van der Waals surface area contributed by atoms with Crippen molar-refractivity contribution in [2.75, 3.05) is 5.32 Å². The number of thiophene rings is 1. The Morgan fingerprint density at radius 3 is 2.83 bits per heavy atom. The first-order valence-corrected chi connectivity index (χ1v) is 10.5. The standard InChI is InChI=1S/C22H21N5O2S/c1-3-14(2)25-22(29)26-16-7-4-6-15(12-16)18-9-10-23-21-17(13-24-27(18)21)20(28)19-8-5-11-30-19/h4-14H,3H2,1-2H3,(H2,25,26,29). The molecule has 30 heavy (non-hydrogen) atoms. The molecule has 1 aromatic carbocycles. The highest BCUT2D eigenvalue weighted by atomic mass is 32.1. The van der Waals surface area contributed by atoms with Gasteiger partial charge in [-0.05, 0) is 43.0 Å². The van der Waals surface area contributed by atoms with Gasteiger partial charge in [0.25, 0.3) is 0 Å². The lowest BCUT2D eigenvalue weighted by Gasteiger charge is -2.13. The minimum absolute atomic E-state index is 0.0939. The summed E-state index contributed by atoms with van der Waals surface area (Å²) in [5, 5.41) is 12.0. The first-order chi connectivity index (χ1) is 14.6. The van der Waals surface area contributed by atoms with E-state index in [0.717, 1.165) is 17.7 Å². The lowest BCUT2D eigenvalue weighted by Crippen LogP contribution is -2.35. The number of hydrogen-bond acceptors (Lipinski definition) is 5. The molecule has 0 saturated heterocycles. The van der Waals surface area contributed by atoms with Crippen molar-refractivity contribution in [2.24, 2.45) is 0 Å². The molecule has 4 rings (SSSR count). The number of benzene rings is 1. The smallest absolute Gasteiger partial charge is 0.319 e. The number of carbonyl (C=O) groups is 2. The molecule has 0 saturated carbocycles. The van der Waals surface area contributed by atoms with Crippen LogP contribution in [-0.2, 0) is 0 Å². The van der Waals surface area contributed by atoms with E-state index in [0.29, 0.717) is 21.8 Å². The Balaban J connectivity index is 1.66. The molecule has 3 aromatic heterocycles. The van der Waals surface area contributed by atoms with Crippen molar-refractivity contribution >= 4 is 34.5 Å². The molecule has 4 aromatic rings. The average molecular weight is 420 g/mol. The number of anilines is 1. The van der Waals surface area contributed by atoms with Crippen LogP contribution in [0.5, 0.6) is 0 Å². The molecule has 0 spiro atoms. The Bertz CT molecular complexity index is 1200. The van der Waals surface area contributed by atoms with Crippen molar-refractivity contribution in [1.82, 2.24) is 19.9 Å². The highest BCUT2D eigenvalue weighted by Gasteiger charge is 2.18. The van der Waals surface area contributed by atoms with Gasteiger partial charge in [0, 0.05) is 23.5 Å². The molecule has 2 amide bonds. The lowest BCUT2D eigenvalue weighted by molar-refractivity contribution is 0.104. The van der Waals surface area contributed by atoms with E-state index in [-0.39, 0.29) is 17.9 Å². The quantitative estimate of drug-likeness (QED) is 0.447. The highest BCUT2D eigenvalue weighted by Crippen LogP contribution is 2.25. The topological polar surface area (TPSA) is 88.4 Å². The monoisotopic (exact) mass is 419 g/mol. The number of aromatic nitrogens is 3.